The molecule has 0 spiro atoms. The molecule has 0 saturated carbocycles. The van der Waals surface area contributed by atoms with Crippen molar-refractivity contribution in [1.82, 2.24) is 19.9 Å². The summed E-state index contributed by atoms with van der Waals surface area (Å²) in [6.07, 6.45) is 5.85. The highest BCUT2D eigenvalue weighted by molar-refractivity contribution is 5.92. The number of anilines is 2. The lowest BCUT2D eigenvalue weighted by Crippen LogP contribution is -2.08. The number of carbonyl (C=O) groups is 1. The first kappa shape index (κ1) is 10.9. The second-order valence-corrected chi connectivity index (χ2v) is 3.24. The van der Waals surface area contributed by atoms with Crippen molar-refractivity contribution < 1.29 is 9.90 Å². The Morgan fingerprint density at radius 1 is 1.29 bits per heavy atom. The maximum atomic E-state index is 11.0. The maximum Gasteiger partial charge on any atom is 0.356 e. The van der Waals surface area contributed by atoms with Crippen molar-refractivity contribution in [1.29, 1.82) is 0 Å². The fraction of sp³-hybridized carbons (Fsp3) is 0.100. The van der Waals surface area contributed by atoms with E-state index in [0.717, 1.165) is 0 Å². The Bertz CT molecular complexity index is 544. The molecule has 0 aromatic carbocycles. The normalized spacial score (nSPS) is 9.94. The van der Waals surface area contributed by atoms with E-state index in [9.17, 15) is 4.79 Å². The number of aryl methyl sites for hydroxylation is 1. The lowest BCUT2D eigenvalue weighted by molar-refractivity contribution is 0.0691. The standard InChI is InChI=1S/C10H9N5O2/c1-6-13-4-8(9(14-6)10(16)17)15-7-2-11-5-12-3-7/h2-5,15H,1H3,(H,16,17). The summed E-state index contributed by atoms with van der Waals surface area (Å²) in [5, 5.41) is 11.9. The van der Waals surface area contributed by atoms with Crippen LogP contribution in [0.5, 0.6) is 0 Å². The summed E-state index contributed by atoms with van der Waals surface area (Å²) in [4.78, 5) is 26.4. The summed E-state index contributed by atoms with van der Waals surface area (Å²) >= 11 is 0. The van der Waals surface area contributed by atoms with Gasteiger partial charge in [-0.05, 0) is 6.92 Å². The van der Waals surface area contributed by atoms with Gasteiger partial charge in [-0.2, -0.15) is 0 Å². The molecule has 2 rings (SSSR count). The molecule has 7 nitrogen and oxygen atoms in total. The van der Waals surface area contributed by atoms with Gasteiger partial charge in [-0.25, -0.2) is 24.7 Å². The van der Waals surface area contributed by atoms with Gasteiger partial charge in [0.25, 0.3) is 0 Å². The molecule has 0 amide bonds. The molecule has 2 N–H and O–H groups in total. The van der Waals surface area contributed by atoms with Crippen molar-refractivity contribution in [2.45, 2.75) is 6.92 Å². The molecule has 0 aliphatic heterocycles. The molecule has 0 atom stereocenters. The highest BCUT2D eigenvalue weighted by atomic mass is 16.4. The summed E-state index contributed by atoms with van der Waals surface area (Å²) in [7, 11) is 0. The summed E-state index contributed by atoms with van der Waals surface area (Å²) in [6.45, 7) is 1.63. The summed E-state index contributed by atoms with van der Waals surface area (Å²) in [5.74, 6) is -0.716. The first-order chi connectivity index (χ1) is 8.16. The Hall–Kier alpha value is -2.57. The predicted molar refractivity (Wildman–Crippen MR) is 59.0 cm³/mol. The molecule has 2 heterocycles. The molecule has 2 aromatic rings. The highest BCUT2D eigenvalue weighted by Gasteiger charge is 2.13. The molecule has 0 saturated heterocycles. The second kappa shape index (κ2) is 4.52. The summed E-state index contributed by atoms with van der Waals surface area (Å²) < 4.78 is 0. The van der Waals surface area contributed by atoms with Gasteiger partial charge in [-0.15, -0.1) is 0 Å². The maximum absolute atomic E-state index is 11.0. The first-order valence-electron chi connectivity index (χ1n) is 4.76. The Balaban J connectivity index is 2.36. The number of nitrogens with zero attached hydrogens (tertiary/aromatic N) is 4. The fourth-order valence-corrected chi connectivity index (χ4v) is 1.24. The minimum atomic E-state index is -1.12. The quantitative estimate of drug-likeness (QED) is 0.812. The van der Waals surface area contributed by atoms with Crippen LogP contribution in [0.3, 0.4) is 0 Å². The van der Waals surface area contributed by atoms with Crippen LogP contribution < -0.4 is 5.32 Å². The number of aromatic nitrogens is 4. The minimum absolute atomic E-state index is 0.0821. The average molecular weight is 231 g/mol. The van der Waals surface area contributed by atoms with E-state index >= 15 is 0 Å². The zero-order valence-electron chi connectivity index (χ0n) is 8.95. The van der Waals surface area contributed by atoms with Gasteiger partial charge in [0.1, 0.15) is 12.2 Å². The lowest BCUT2D eigenvalue weighted by Gasteiger charge is -2.07. The number of hydrogen-bond donors (Lipinski definition) is 2. The Morgan fingerprint density at radius 2 is 2.00 bits per heavy atom. The molecular formula is C10H9N5O2. The van der Waals surface area contributed by atoms with Gasteiger partial charge in [0.2, 0.25) is 0 Å². The van der Waals surface area contributed by atoms with Crippen LogP contribution in [0.25, 0.3) is 0 Å². The van der Waals surface area contributed by atoms with Crippen LogP contribution in [0, 0.1) is 6.92 Å². The van der Waals surface area contributed by atoms with Gasteiger partial charge in [0.15, 0.2) is 5.69 Å². The Morgan fingerprint density at radius 3 is 2.65 bits per heavy atom. The van der Waals surface area contributed by atoms with Crippen molar-refractivity contribution in [3.8, 4) is 0 Å². The smallest absolute Gasteiger partial charge is 0.356 e. The second-order valence-electron chi connectivity index (χ2n) is 3.24. The largest absolute Gasteiger partial charge is 0.476 e. The number of aromatic carboxylic acids is 1. The van der Waals surface area contributed by atoms with Crippen LogP contribution >= 0.6 is 0 Å². The van der Waals surface area contributed by atoms with Gasteiger partial charge in [-0.1, -0.05) is 0 Å². The van der Waals surface area contributed by atoms with Crippen molar-refractivity contribution in [3.05, 3.63) is 36.4 Å². The SMILES string of the molecule is Cc1ncc(Nc2cncnc2)c(C(=O)O)n1. The zero-order valence-corrected chi connectivity index (χ0v) is 8.95. The minimum Gasteiger partial charge on any atom is -0.476 e. The lowest BCUT2D eigenvalue weighted by atomic mass is 10.3. The molecule has 0 unspecified atom stereocenters. The third-order valence-corrected chi connectivity index (χ3v) is 1.95. The summed E-state index contributed by atoms with van der Waals surface area (Å²) in [5.41, 5.74) is 0.793. The number of nitrogens with one attached hydrogen (secondary N) is 1. The van der Waals surface area contributed by atoms with Crippen LogP contribution in [0.4, 0.5) is 11.4 Å². The Kier molecular flexibility index (Phi) is 2.91. The molecule has 86 valence electrons. The van der Waals surface area contributed by atoms with E-state index in [2.05, 4.69) is 25.3 Å². The van der Waals surface area contributed by atoms with Gasteiger partial charge in [-0.3, -0.25) is 0 Å². The third-order valence-electron chi connectivity index (χ3n) is 1.95. The number of rotatable bonds is 3. The summed E-state index contributed by atoms with van der Waals surface area (Å²) in [6, 6.07) is 0. The van der Waals surface area contributed by atoms with Crippen molar-refractivity contribution in [2.24, 2.45) is 0 Å². The number of carboxylic acid groups (broad SMARTS) is 1. The molecule has 0 bridgehead atoms. The molecule has 17 heavy (non-hydrogen) atoms. The van der Waals surface area contributed by atoms with Crippen molar-refractivity contribution in [2.75, 3.05) is 5.32 Å². The predicted octanol–water partition coefficient (Wildman–Crippen LogP) is 1.02. The first-order valence-corrected chi connectivity index (χ1v) is 4.76. The van der Waals surface area contributed by atoms with Crippen molar-refractivity contribution >= 4 is 17.3 Å². The van der Waals surface area contributed by atoms with Crippen LogP contribution in [0.15, 0.2) is 24.9 Å². The van der Waals surface area contributed by atoms with Gasteiger partial charge < -0.3 is 10.4 Å². The highest BCUT2D eigenvalue weighted by Crippen LogP contribution is 2.17. The van der Waals surface area contributed by atoms with Crippen LogP contribution in [-0.2, 0) is 0 Å². The molecule has 2 aromatic heterocycles. The van der Waals surface area contributed by atoms with E-state index in [0.29, 0.717) is 17.2 Å². The van der Waals surface area contributed by atoms with Crippen LogP contribution in [0.1, 0.15) is 16.3 Å². The van der Waals surface area contributed by atoms with E-state index in [1.807, 2.05) is 0 Å². The van der Waals surface area contributed by atoms with Gasteiger partial charge >= 0.3 is 5.97 Å². The van der Waals surface area contributed by atoms with E-state index in [-0.39, 0.29) is 5.69 Å². The average Bonchev–Trinajstić information content (AvgIpc) is 2.32. The van der Waals surface area contributed by atoms with Crippen molar-refractivity contribution in [3.63, 3.8) is 0 Å². The fourth-order valence-electron chi connectivity index (χ4n) is 1.24. The zero-order chi connectivity index (χ0) is 12.3. The molecule has 7 heteroatoms. The molecule has 0 aliphatic rings. The Labute approximate surface area is 96.6 Å². The molecule has 0 aliphatic carbocycles. The van der Waals surface area contributed by atoms with E-state index in [1.54, 1.807) is 6.92 Å². The third kappa shape index (κ3) is 2.51. The molecular weight excluding hydrogens is 222 g/mol. The van der Waals surface area contributed by atoms with E-state index in [1.165, 1.54) is 24.9 Å². The number of hydrogen-bond acceptors (Lipinski definition) is 6. The van der Waals surface area contributed by atoms with E-state index < -0.39 is 5.97 Å². The van der Waals surface area contributed by atoms with Gasteiger partial charge in [0.05, 0.1) is 30.0 Å². The monoisotopic (exact) mass is 231 g/mol. The van der Waals surface area contributed by atoms with Gasteiger partial charge in [0, 0.05) is 0 Å². The molecule has 0 fully saturated rings. The topological polar surface area (TPSA) is 101 Å². The van der Waals surface area contributed by atoms with Crippen LogP contribution in [0.2, 0.25) is 0 Å². The van der Waals surface area contributed by atoms with E-state index in [4.69, 9.17) is 5.11 Å². The van der Waals surface area contributed by atoms with Crippen LogP contribution in [-0.4, -0.2) is 31.0 Å². The number of carboxylic acids is 1. The molecule has 0 radical (unpaired) electrons.